The van der Waals surface area contributed by atoms with Gasteiger partial charge in [0.2, 0.25) is 0 Å². The van der Waals surface area contributed by atoms with Crippen molar-refractivity contribution in [3.8, 4) is 0 Å². The van der Waals surface area contributed by atoms with Crippen molar-refractivity contribution >= 4 is 45.2 Å². The van der Waals surface area contributed by atoms with Crippen molar-refractivity contribution < 1.29 is 27.7 Å². The molecule has 0 aliphatic carbocycles. The molecule has 0 radical (unpaired) electrons. The van der Waals surface area contributed by atoms with Crippen LogP contribution in [0, 0.1) is 0 Å². The molecule has 0 atom stereocenters. The Balaban J connectivity index is 0.000000555. The number of aliphatic carboxylic acids is 1. The molecule has 0 saturated heterocycles. The molecule has 2 aromatic carbocycles. The normalized spacial score (nSPS) is 14.4. The van der Waals surface area contributed by atoms with Crippen molar-refractivity contribution in [1.82, 2.24) is 4.98 Å². The summed E-state index contributed by atoms with van der Waals surface area (Å²) in [6.45, 7) is 0. The summed E-state index contributed by atoms with van der Waals surface area (Å²) in [6.07, 6.45) is 8.14. The van der Waals surface area contributed by atoms with Crippen LogP contribution in [-0.4, -0.2) is 54.7 Å². The van der Waals surface area contributed by atoms with Gasteiger partial charge in [0.25, 0.3) is 16.0 Å². The van der Waals surface area contributed by atoms with Crippen LogP contribution in [0.3, 0.4) is 0 Å². The van der Waals surface area contributed by atoms with Gasteiger partial charge in [0.15, 0.2) is 5.71 Å². The minimum absolute atomic E-state index is 0.118. The molecule has 10 nitrogen and oxygen atoms in total. The third kappa shape index (κ3) is 7.19. The Morgan fingerprint density at radius 3 is 2.05 bits per heavy atom. The van der Waals surface area contributed by atoms with Gasteiger partial charge in [-0.15, -0.1) is 0 Å². The smallest absolute Gasteiger partial charge is 0.357 e. The van der Waals surface area contributed by atoms with Gasteiger partial charge in [-0.25, -0.2) is 4.79 Å². The number of carbonyl (C=O) groups excluding carboxylic acids is 1. The molecule has 1 aromatic heterocycles. The fourth-order valence-electron chi connectivity index (χ4n) is 3.11. The number of pyridine rings is 1. The summed E-state index contributed by atoms with van der Waals surface area (Å²) < 4.78 is 31.4. The lowest BCUT2D eigenvalue weighted by Gasteiger charge is -2.11. The first-order valence-electron chi connectivity index (χ1n) is 10.8. The summed E-state index contributed by atoms with van der Waals surface area (Å²) >= 11 is 0. The Bertz CT molecular complexity index is 1420. The van der Waals surface area contributed by atoms with Gasteiger partial charge in [-0.3, -0.25) is 14.3 Å². The number of carboxylic acid groups (broad SMARTS) is 1. The molecular weight excluding hydrogens is 496 g/mol. The maximum absolute atomic E-state index is 12.7. The Morgan fingerprint density at radius 1 is 0.973 bits per heavy atom. The molecule has 0 bridgehead atoms. The lowest BCUT2D eigenvalue weighted by Crippen LogP contribution is -2.22. The molecule has 4 rings (SSSR count). The van der Waals surface area contributed by atoms with E-state index >= 15 is 0 Å². The average Bonchev–Trinajstić information content (AvgIpc) is 3.22. The third-order valence-electron chi connectivity index (χ3n) is 4.99. The van der Waals surface area contributed by atoms with Crippen LogP contribution in [0.2, 0.25) is 0 Å². The molecule has 0 unspecified atom stereocenters. The van der Waals surface area contributed by atoms with Crippen molar-refractivity contribution in [2.45, 2.75) is 4.90 Å². The average molecular weight is 521 g/mol. The molecule has 190 valence electrons. The number of hydrogen-bond donors (Lipinski definition) is 2. The number of benzene rings is 2. The fourth-order valence-corrected chi connectivity index (χ4v) is 3.59. The SMILES string of the molecule is CN(C)c1ccc(/C=C/C=C2\C(=O)N(c3ccc(S(=O)(=O)O)cc3)N=C2C(=O)O)cc1.c1ccncc1. The van der Waals surface area contributed by atoms with Gasteiger partial charge in [0.1, 0.15) is 0 Å². The van der Waals surface area contributed by atoms with Crippen LogP contribution in [0.1, 0.15) is 5.56 Å². The summed E-state index contributed by atoms with van der Waals surface area (Å²) in [5, 5.41) is 14.1. The topological polar surface area (TPSA) is 140 Å². The van der Waals surface area contributed by atoms with E-state index < -0.39 is 27.7 Å². The maximum atomic E-state index is 12.7. The highest BCUT2D eigenvalue weighted by molar-refractivity contribution is 7.85. The second-order valence-corrected chi connectivity index (χ2v) is 9.21. The number of amides is 1. The molecule has 2 N–H and O–H groups in total. The molecule has 0 fully saturated rings. The maximum Gasteiger partial charge on any atom is 0.357 e. The molecule has 37 heavy (non-hydrogen) atoms. The van der Waals surface area contributed by atoms with Gasteiger partial charge in [0.05, 0.1) is 16.2 Å². The molecular formula is C26H24N4O6S. The standard InChI is InChI=1S/C21H19N3O6S.C5H5N/c1-23(2)15-8-6-14(7-9-15)4-3-5-18-19(21(26)27)22-24(20(18)25)16-10-12-17(13-11-16)31(28,29)30;1-2-4-6-5-3-1/h3-13H,1-2H3,(H,26,27)(H,28,29,30);1-5H/b4-3+,18-5-;. The summed E-state index contributed by atoms with van der Waals surface area (Å²) in [7, 11) is -0.541. The number of carbonyl (C=O) groups is 2. The Hall–Kier alpha value is -4.61. The van der Waals surface area contributed by atoms with E-state index in [1.54, 1.807) is 24.5 Å². The molecule has 3 aromatic rings. The quantitative estimate of drug-likeness (QED) is 0.372. The third-order valence-corrected chi connectivity index (χ3v) is 5.86. The lowest BCUT2D eigenvalue weighted by molar-refractivity contribution is -0.129. The Morgan fingerprint density at radius 2 is 1.59 bits per heavy atom. The summed E-state index contributed by atoms with van der Waals surface area (Å²) in [5.41, 5.74) is 1.49. The number of rotatable bonds is 6. The molecule has 11 heteroatoms. The van der Waals surface area contributed by atoms with E-state index in [9.17, 15) is 23.1 Å². The van der Waals surface area contributed by atoms with E-state index in [2.05, 4.69) is 10.1 Å². The van der Waals surface area contributed by atoms with Crippen molar-refractivity contribution in [1.29, 1.82) is 0 Å². The monoisotopic (exact) mass is 520 g/mol. The number of carboxylic acids is 1. The van der Waals surface area contributed by atoms with Gasteiger partial charge in [0, 0.05) is 32.2 Å². The Kier molecular flexibility index (Phi) is 8.67. The molecule has 1 aliphatic heterocycles. The van der Waals surface area contributed by atoms with Crippen LogP contribution in [0.15, 0.2) is 107 Å². The van der Waals surface area contributed by atoms with E-state index in [1.807, 2.05) is 61.5 Å². The number of nitrogens with zero attached hydrogens (tertiary/aromatic N) is 4. The first kappa shape index (κ1) is 27.0. The minimum atomic E-state index is -4.39. The zero-order valence-electron chi connectivity index (χ0n) is 20.0. The minimum Gasteiger partial charge on any atom is -0.476 e. The Labute approximate surface area is 214 Å². The van der Waals surface area contributed by atoms with Gasteiger partial charge in [-0.1, -0.05) is 30.4 Å². The van der Waals surface area contributed by atoms with Gasteiger partial charge >= 0.3 is 5.97 Å². The summed E-state index contributed by atoms with van der Waals surface area (Å²) in [5.74, 6) is -2.05. The van der Waals surface area contributed by atoms with Crippen LogP contribution >= 0.6 is 0 Å². The van der Waals surface area contributed by atoms with Crippen LogP contribution in [-0.2, 0) is 19.7 Å². The van der Waals surface area contributed by atoms with Gasteiger partial charge in [-0.2, -0.15) is 18.5 Å². The first-order valence-corrected chi connectivity index (χ1v) is 12.3. The summed E-state index contributed by atoms with van der Waals surface area (Å²) in [6, 6.07) is 18.0. The lowest BCUT2D eigenvalue weighted by atomic mass is 10.1. The van der Waals surface area contributed by atoms with E-state index in [0.29, 0.717) is 0 Å². The van der Waals surface area contributed by atoms with E-state index in [1.165, 1.54) is 18.2 Å². The van der Waals surface area contributed by atoms with Crippen LogP contribution in [0.25, 0.3) is 6.08 Å². The van der Waals surface area contributed by atoms with Crippen LogP contribution < -0.4 is 9.91 Å². The highest BCUT2D eigenvalue weighted by Crippen LogP contribution is 2.25. The van der Waals surface area contributed by atoms with Crippen molar-refractivity contribution in [2.75, 3.05) is 24.0 Å². The van der Waals surface area contributed by atoms with Gasteiger partial charge in [-0.05, 0) is 60.2 Å². The largest absolute Gasteiger partial charge is 0.476 e. The van der Waals surface area contributed by atoms with E-state index in [-0.39, 0.29) is 16.2 Å². The van der Waals surface area contributed by atoms with Gasteiger partial charge < -0.3 is 10.0 Å². The molecule has 1 aliphatic rings. The van der Waals surface area contributed by atoms with E-state index in [0.717, 1.165) is 28.4 Å². The van der Waals surface area contributed by atoms with Crippen molar-refractivity contribution in [3.05, 3.63) is 102 Å². The zero-order valence-corrected chi connectivity index (χ0v) is 20.8. The number of aromatic nitrogens is 1. The highest BCUT2D eigenvalue weighted by atomic mass is 32.2. The van der Waals surface area contributed by atoms with E-state index in [4.69, 9.17) is 4.55 Å². The number of hydrazone groups is 1. The number of hydrogen-bond acceptors (Lipinski definition) is 7. The second-order valence-electron chi connectivity index (χ2n) is 7.79. The molecule has 2 heterocycles. The summed E-state index contributed by atoms with van der Waals surface area (Å²) in [4.78, 5) is 29.7. The molecule has 1 amide bonds. The number of allylic oxidation sites excluding steroid dienone is 2. The second kappa shape index (κ2) is 11.9. The van der Waals surface area contributed by atoms with Crippen LogP contribution in [0.5, 0.6) is 0 Å². The zero-order chi connectivity index (χ0) is 27.0. The number of anilines is 2. The molecule has 0 saturated carbocycles. The first-order chi connectivity index (χ1) is 17.6. The highest BCUT2D eigenvalue weighted by Gasteiger charge is 2.34. The predicted octanol–water partition coefficient (Wildman–Crippen LogP) is 3.51. The van der Waals surface area contributed by atoms with Crippen LogP contribution in [0.4, 0.5) is 11.4 Å². The predicted molar refractivity (Wildman–Crippen MR) is 141 cm³/mol. The van der Waals surface area contributed by atoms with Crippen molar-refractivity contribution in [3.63, 3.8) is 0 Å². The molecule has 0 spiro atoms. The fraction of sp³-hybridized carbons (Fsp3) is 0.0769. The van der Waals surface area contributed by atoms with Crippen molar-refractivity contribution in [2.24, 2.45) is 5.10 Å².